The van der Waals surface area contributed by atoms with E-state index in [1.165, 1.54) is 18.2 Å². The van der Waals surface area contributed by atoms with Crippen molar-refractivity contribution < 1.29 is 28.7 Å². The van der Waals surface area contributed by atoms with E-state index in [9.17, 15) is 29.1 Å². The van der Waals surface area contributed by atoms with Gasteiger partial charge in [-0.05, 0) is 38.5 Å². The van der Waals surface area contributed by atoms with Gasteiger partial charge >= 0.3 is 18.5 Å². The van der Waals surface area contributed by atoms with Gasteiger partial charge in [-0.1, -0.05) is 36.5 Å². The molecule has 0 aromatic heterocycles. The zero-order valence-electron chi connectivity index (χ0n) is 19.5. The molecule has 0 spiro atoms. The molecule has 6 unspecified atom stereocenters. The molecule has 0 saturated carbocycles. The maximum absolute atomic E-state index is 13.9. The maximum Gasteiger partial charge on any atom is 0.451 e. The van der Waals surface area contributed by atoms with Crippen molar-refractivity contribution in [3.63, 3.8) is 0 Å². The van der Waals surface area contributed by atoms with E-state index >= 15 is 0 Å². The highest BCUT2D eigenvalue weighted by atomic mass is 16.4. The molecule has 0 bridgehead atoms. The van der Waals surface area contributed by atoms with E-state index in [0.717, 1.165) is 0 Å². The normalized spacial score (nSPS) is 38.0. The summed E-state index contributed by atoms with van der Waals surface area (Å²) >= 11 is 0. The van der Waals surface area contributed by atoms with Gasteiger partial charge in [0.05, 0.1) is 18.1 Å². The van der Waals surface area contributed by atoms with E-state index in [1.54, 1.807) is 0 Å². The predicted octanol–water partition coefficient (Wildman–Crippen LogP) is 2.33. The molecule has 1 fully saturated rings. The Morgan fingerprint density at radius 2 is 0.722 bits per heavy atom. The third-order valence-corrected chi connectivity index (χ3v) is 7.71. The van der Waals surface area contributed by atoms with Gasteiger partial charge in [0, 0.05) is 14.7 Å². The lowest BCUT2D eigenvalue weighted by atomic mass is 9.80. The van der Waals surface area contributed by atoms with Crippen LogP contribution < -0.4 is 0 Å². The fourth-order valence-electron chi connectivity index (χ4n) is 6.01. The first-order chi connectivity index (χ1) is 17.5. The molecule has 186 valence electrons. The van der Waals surface area contributed by atoms with Crippen LogP contribution in [0.4, 0.5) is 0 Å². The van der Waals surface area contributed by atoms with E-state index in [0.29, 0.717) is 52.8 Å². The summed E-state index contributed by atoms with van der Waals surface area (Å²) in [6.07, 6.45) is 13.5. The molecule has 1 heterocycles. The minimum atomic E-state index is -1.34. The van der Waals surface area contributed by atoms with Crippen molar-refractivity contribution in [2.45, 2.75) is 75.1 Å². The van der Waals surface area contributed by atoms with E-state index in [1.807, 2.05) is 36.5 Å². The molecule has 0 radical (unpaired) electrons. The Morgan fingerprint density at radius 3 is 0.972 bits per heavy atom. The number of hydrogen-bond acceptors (Lipinski definition) is 9. The Kier molecular flexibility index (Phi) is 7.90. The van der Waals surface area contributed by atoms with Crippen molar-refractivity contribution in [2.24, 2.45) is 32.7 Å². The predicted molar refractivity (Wildman–Crippen MR) is 124 cm³/mol. The van der Waals surface area contributed by atoms with E-state index in [-0.39, 0.29) is 0 Å². The summed E-state index contributed by atoms with van der Waals surface area (Å²) in [5.41, 5.74) is 0. The first-order valence-electron chi connectivity index (χ1n) is 12.1. The Labute approximate surface area is 206 Å². The number of carbonyl (C=O) groups excluding carboxylic acids is 3. The van der Waals surface area contributed by atoms with Gasteiger partial charge in [-0.25, -0.2) is 29.4 Å². The molecule has 3 aliphatic carbocycles. The van der Waals surface area contributed by atoms with Crippen molar-refractivity contribution in [1.29, 1.82) is 0 Å². The van der Waals surface area contributed by atoms with Crippen LogP contribution in [0.25, 0.3) is 0 Å². The molecule has 0 aromatic carbocycles. The van der Waals surface area contributed by atoms with Gasteiger partial charge in [0.15, 0.2) is 0 Å². The van der Waals surface area contributed by atoms with Crippen LogP contribution in [0.3, 0.4) is 0 Å². The molecule has 4 aliphatic rings. The summed E-state index contributed by atoms with van der Waals surface area (Å²) in [6, 6.07) is -1.97. The summed E-state index contributed by atoms with van der Waals surface area (Å²) < 4.78 is 1.50. The van der Waals surface area contributed by atoms with Crippen LogP contribution in [-0.2, 0) is 14.4 Å². The van der Waals surface area contributed by atoms with Crippen LogP contribution in [0, 0.1) is 32.5 Å². The summed E-state index contributed by atoms with van der Waals surface area (Å²) in [4.78, 5) is 86.5. The summed E-state index contributed by atoms with van der Waals surface area (Å²) in [7, 11) is 0. The molecule has 36 heavy (non-hydrogen) atoms. The van der Waals surface area contributed by atoms with Crippen molar-refractivity contribution in [2.75, 3.05) is 0 Å². The van der Waals surface area contributed by atoms with E-state index in [2.05, 4.69) is 15.0 Å². The SMILES string of the molecule is O=C=NC1CC=CCC1C1[N+](=O)C(C2CC=CCC2N=C=O)[N+](=O)C(C2CC=CCC2N=C=O)[N+]1=O. The largest absolute Gasteiger partial charge is 0.451 e. The van der Waals surface area contributed by atoms with Crippen LogP contribution in [0.2, 0.25) is 0 Å². The number of allylic oxidation sites excluding steroid dienone is 3. The van der Waals surface area contributed by atoms with Crippen molar-refractivity contribution >= 4 is 18.2 Å². The molecular formula is C24H27N6O6+3. The number of hydrogen-bond donors (Lipinski definition) is 0. The molecular weight excluding hydrogens is 468 g/mol. The van der Waals surface area contributed by atoms with E-state index in [4.69, 9.17) is 0 Å². The highest BCUT2D eigenvalue weighted by molar-refractivity contribution is 5.35. The molecule has 0 N–H and O–H groups in total. The van der Waals surface area contributed by atoms with E-state index < -0.39 is 54.4 Å². The standard InChI is InChI=1S/C24H27N6O6/c31-13-25-19-10-4-1-7-16(19)22-28(34)23(17-8-2-5-11-20(17)26-14-32)30(36)24(29(22)35)18-9-3-6-12-21(18)27-15-33/h1-6,16-24H,7-12H2/q+3. The van der Waals surface area contributed by atoms with Crippen molar-refractivity contribution in [3.05, 3.63) is 51.2 Å². The quantitative estimate of drug-likeness (QED) is 0.239. The van der Waals surface area contributed by atoms with Gasteiger partial charge in [-0.3, -0.25) is 0 Å². The Bertz CT molecular complexity index is 999. The molecule has 0 aromatic rings. The molecule has 0 amide bonds. The van der Waals surface area contributed by atoms with Gasteiger partial charge in [-0.2, -0.15) is 0 Å². The fraction of sp³-hybridized carbons (Fsp3) is 0.625. The Balaban J connectivity index is 1.82. The maximum atomic E-state index is 13.9. The van der Waals surface area contributed by atoms with Crippen LogP contribution in [0.5, 0.6) is 0 Å². The average Bonchev–Trinajstić information content (AvgIpc) is 2.87. The van der Waals surface area contributed by atoms with Crippen LogP contribution in [-0.4, -0.2) is 69.1 Å². The second-order valence-corrected chi connectivity index (χ2v) is 9.50. The van der Waals surface area contributed by atoms with Crippen LogP contribution >= 0.6 is 0 Å². The number of isocyanates is 3. The van der Waals surface area contributed by atoms with Crippen molar-refractivity contribution in [3.8, 4) is 0 Å². The number of rotatable bonds is 6. The third-order valence-electron chi connectivity index (χ3n) is 7.71. The summed E-state index contributed by atoms with van der Waals surface area (Å²) in [5, 5.41) is 0. The lowest BCUT2D eigenvalue weighted by molar-refractivity contribution is -1.03. The number of aliphatic imine (C=N–C) groups is 3. The van der Waals surface area contributed by atoms with Crippen molar-refractivity contribution in [1.82, 2.24) is 0 Å². The zero-order chi connectivity index (χ0) is 25.7. The molecule has 1 saturated heterocycles. The molecule has 4 rings (SSSR count). The highest BCUT2D eigenvalue weighted by Crippen LogP contribution is 2.39. The van der Waals surface area contributed by atoms with Crippen LogP contribution in [0.1, 0.15) is 38.5 Å². The third kappa shape index (κ3) is 4.66. The molecule has 6 atom stereocenters. The Hall–Kier alpha value is -3.84. The van der Waals surface area contributed by atoms with Gasteiger partial charge in [0.2, 0.25) is 18.2 Å². The topological polar surface area (TPSA) is 149 Å². The summed E-state index contributed by atoms with van der Waals surface area (Å²) in [6.45, 7) is 0. The molecule has 12 nitrogen and oxygen atoms in total. The number of nitrogens with zero attached hydrogens (tertiary/aromatic N) is 6. The zero-order valence-corrected chi connectivity index (χ0v) is 19.5. The smallest absolute Gasteiger partial charge is 0.211 e. The summed E-state index contributed by atoms with van der Waals surface area (Å²) in [5.74, 6) is -2.03. The average molecular weight is 496 g/mol. The van der Waals surface area contributed by atoms with Gasteiger partial charge in [0.25, 0.3) is 0 Å². The van der Waals surface area contributed by atoms with Crippen LogP contribution in [0.15, 0.2) is 51.4 Å². The second kappa shape index (κ2) is 11.3. The van der Waals surface area contributed by atoms with Gasteiger partial charge < -0.3 is 0 Å². The second-order valence-electron chi connectivity index (χ2n) is 9.50. The highest BCUT2D eigenvalue weighted by Gasteiger charge is 2.74. The molecule has 1 aliphatic heterocycles. The first-order valence-corrected chi connectivity index (χ1v) is 12.1. The lowest BCUT2D eigenvalue weighted by Crippen LogP contribution is -2.67. The Morgan fingerprint density at radius 1 is 0.472 bits per heavy atom. The van der Waals surface area contributed by atoms with Gasteiger partial charge in [-0.15, -0.1) is 0 Å². The minimum absolute atomic E-state index is 0.303. The first kappa shape index (κ1) is 25.3. The van der Waals surface area contributed by atoms with Gasteiger partial charge in [0.1, 0.15) is 32.0 Å². The monoisotopic (exact) mass is 495 g/mol. The minimum Gasteiger partial charge on any atom is -0.211 e. The number of nitroso groups, excluding NO2 is 3. The molecule has 12 heteroatoms. The lowest BCUT2D eigenvalue weighted by Gasteiger charge is -2.31. The fourth-order valence-corrected chi connectivity index (χ4v) is 6.01.